The number of nitrogens with two attached hydrogens (primary N) is 1. The number of H-pyrrole nitrogens is 1. The molecule has 0 saturated heterocycles. The molecule has 1 aromatic heterocycles. The Labute approximate surface area is 162 Å². The van der Waals surface area contributed by atoms with Crippen molar-refractivity contribution < 1.29 is 24.5 Å². The van der Waals surface area contributed by atoms with Gasteiger partial charge in [-0.2, -0.15) is 0 Å². The number of rotatable bonds is 10. The number of anilines is 1. The van der Waals surface area contributed by atoms with Gasteiger partial charge in [0.2, 0.25) is 0 Å². The number of unbranched alkanes of at least 4 members (excludes halogenated alkanes) is 3. The van der Waals surface area contributed by atoms with Crippen LogP contribution in [-0.4, -0.2) is 33.7 Å². The molecule has 0 bridgehead atoms. The van der Waals surface area contributed by atoms with Gasteiger partial charge in [0.1, 0.15) is 16.9 Å². The molecule has 8 nitrogen and oxygen atoms in total. The summed E-state index contributed by atoms with van der Waals surface area (Å²) in [6.45, 7) is 3.18. The molecule has 0 radical (unpaired) electrons. The van der Waals surface area contributed by atoms with Crippen molar-refractivity contribution in [2.45, 2.75) is 39.2 Å². The van der Waals surface area contributed by atoms with Gasteiger partial charge in [-0.05, 0) is 17.5 Å². The number of aromatic carboxylic acids is 2. The number of carboxylic acid groups (broad SMARTS) is 2. The Hall–Kier alpha value is -3.13. The third-order valence-corrected chi connectivity index (χ3v) is 4.33. The van der Waals surface area contributed by atoms with Crippen LogP contribution in [0.15, 0.2) is 29.1 Å². The maximum atomic E-state index is 12.0. The molecule has 0 saturated carbocycles. The van der Waals surface area contributed by atoms with Crippen LogP contribution in [0.25, 0.3) is 11.1 Å². The summed E-state index contributed by atoms with van der Waals surface area (Å²) in [6.07, 6.45) is 4.44. The van der Waals surface area contributed by atoms with Gasteiger partial charge in [-0.3, -0.25) is 4.79 Å². The molecule has 0 aliphatic carbocycles. The van der Waals surface area contributed by atoms with Crippen molar-refractivity contribution in [3.8, 4) is 11.1 Å². The first kappa shape index (κ1) is 21.2. The number of carbonyl (C=O) groups is 2. The zero-order chi connectivity index (χ0) is 20.7. The zero-order valence-corrected chi connectivity index (χ0v) is 15.7. The van der Waals surface area contributed by atoms with E-state index in [0.717, 1.165) is 24.8 Å². The monoisotopic (exact) mass is 388 g/mol. The van der Waals surface area contributed by atoms with Crippen molar-refractivity contribution in [3.63, 3.8) is 0 Å². The van der Waals surface area contributed by atoms with Gasteiger partial charge in [-0.1, -0.05) is 50.5 Å². The fourth-order valence-corrected chi connectivity index (χ4v) is 2.92. The first-order chi connectivity index (χ1) is 13.4. The Kier molecular flexibility index (Phi) is 7.34. The SMILES string of the molecule is CCCCCCOCc1ccc(-c2c(C(=O)O)c(N)[nH]c(=O)c2C(=O)O)cc1. The molecule has 0 aliphatic rings. The molecule has 5 N–H and O–H groups in total. The highest BCUT2D eigenvalue weighted by Gasteiger charge is 2.26. The number of hydrogen-bond acceptors (Lipinski definition) is 5. The minimum Gasteiger partial charge on any atom is -0.478 e. The summed E-state index contributed by atoms with van der Waals surface area (Å²) in [7, 11) is 0. The highest BCUT2D eigenvalue weighted by Crippen LogP contribution is 2.29. The second-order valence-corrected chi connectivity index (χ2v) is 6.41. The molecular weight excluding hydrogens is 364 g/mol. The van der Waals surface area contributed by atoms with E-state index in [1.165, 1.54) is 6.42 Å². The minimum absolute atomic E-state index is 0.215. The van der Waals surface area contributed by atoms with Gasteiger partial charge in [0.15, 0.2) is 0 Å². The molecule has 0 aliphatic heterocycles. The number of nitrogen functional groups attached to an aromatic ring is 1. The van der Waals surface area contributed by atoms with Crippen LogP contribution in [-0.2, 0) is 11.3 Å². The van der Waals surface area contributed by atoms with E-state index < -0.39 is 34.4 Å². The third-order valence-electron chi connectivity index (χ3n) is 4.33. The Morgan fingerprint density at radius 3 is 2.25 bits per heavy atom. The lowest BCUT2D eigenvalue weighted by atomic mass is 9.95. The topological polar surface area (TPSA) is 143 Å². The largest absolute Gasteiger partial charge is 0.478 e. The molecule has 0 fully saturated rings. The van der Waals surface area contributed by atoms with E-state index in [9.17, 15) is 24.6 Å². The predicted octanol–water partition coefficient (Wildman–Crippen LogP) is 3.12. The van der Waals surface area contributed by atoms with Crippen molar-refractivity contribution in [1.29, 1.82) is 0 Å². The van der Waals surface area contributed by atoms with E-state index in [-0.39, 0.29) is 11.1 Å². The Morgan fingerprint density at radius 1 is 1.04 bits per heavy atom. The van der Waals surface area contributed by atoms with Crippen LogP contribution in [0, 0.1) is 0 Å². The fraction of sp³-hybridized carbons (Fsp3) is 0.350. The van der Waals surface area contributed by atoms with E-state index in [1.54, 1.807) is 24.3 Å². The lowest BCUT2D eigenvalue weighted by Crippen LogP contribution is -2.24. The molecule has 0 unspecified atom stereocenters. The summed E-state index contributed by atoms with van der Waals surface area (Å²) in [5.41, 5.74) is 4.48. The number of nitrogens with one attached hydrogen (secondary N) is 1. The molecule has 28 heavy (non-hydrogen) atoms. The van der Waals surface area contributed by atoms with Crippen molar-refractivity contribution >= 4 is 17.8 Å². The average Bonchev–Trinajstić information content (AvgIpc) is 2.63. The quantitative estimate of drug-likeness (QED) is 0.458. The van der Waals surface area contributed by atoms with E-state index in [4.69, 9.17) is 10.5 Å². The van der Waals surface area contributed by atoms with E-state index >= 15 is 0 Å². The summed E-state index contributed by atoms with van der Waals surface area (Å²) >= 11 is 0. The molecule has 1 aromatic carbocycles. The number of aromatic amines is 1. The summed E-state index contributed by atoms with van der Waals surface area (Å²) in [5.74, 6) is -3.35. The van der Waals surface area contributed by atoms with Gasteiger partial charge in [-0.15, -0.1) is 0 Å². The molecule has 8 heteroatoms. The fourth-order valence-electron chi connectivity index (χ4n) is 2.92. The van der Waals surface area contributed by atoms with Crippen LogP contribution in [0.3, 0.4) is 0 Å². The number of benzene rings is 1. The summed E-state index contributed by atoms with van der Waals surface area (Å²) in [6, 6.07) is 6.53. The summed E-state index contributed by atoms with van der Waals surface area (Å²) < 4.78 is 5.61. The summed E-state index contributed by atoms with van der Waals surface area (Å²) in [4.78, 5) is 37.3. The molecule has 0 atom stereocenters. The van der Waals surface area contributed by atoms with Crippen molar-refractivity contribution in [2.75, 3.05) is 12.3 Å². The van der Waals surface area contributed by atoms with Gasteiger partial charge in [-0.25, -0.2) is 9.59 Å². The van der Waals surface area contributed by atoms with Crippen LogP contribution < -0.4 is 11.3 Å². The number of hydrogen-bond donors (Lipinski definition) is 4. The van der Waals surface area contributed by atoms with Gasteiger partial charge in [0.05, 0.1) is 6.61 Å². The maximum absolute atomic E-state index is 12.0. The summed E-state index contributed by atoms with van der Waals surface area (Å²) in [5, 5.41) is 18.8. The lowest BCUT2D eigenvalue weighted by molar-refractivity contribution is 0.0695. The van der Waals surface area contributed by atoms with E-state index in [0.29, 0.717) is 13.2 Å². The van der Waals surface area contributed by atoms with Gasteiger partial charge in [0.25, 0.3) is 5.56 Å². The Morgan fingerprint density at radius 2 is 1.68 bits per heavy atom. The molecule has 2 rings (SSSR count). The molecule has 2 aromatic rings. The smallest absolute Gasteiger partial charge is 0.342 e. The normalized spacial score (nSPS) is 10.8. The second-order valence-electron chi connectivity index (χ2n) is 6.41. The maximum Gasteiger partial charge on any atom is 0.342 e. The molecule has 150 valence electrons. The number of aromatic nitrogens is 1. The van der Waals surface area contributed by atoms with Gasteiger partial charge >= 0.3 is 11.9 Å². The minimum atomic E-state index is -1.53. The highest BCUT2D eigenvalue weighted by atomic mass is 16.5. The van der Waals surface area contributed by atoms with Crippen LogP contribution in [0.1, 0.15) is 58.9 Å². The van der Waals surface area contributed by atoms with E-state index in [1.807, 2.05) is 0 Å². The van der Waals surface area contributed by atoms with Crippen molar-refractivity contribution in [2.24, 2.45) is 0 Å². The first-order valence-corrected chi connectivity index (χ1v) is 9.06. The zero-order valence-electron chi connectivity index (χ0n) is 15.7. The molecule has 1 heterocycles. The number of carboxylic acids is 2. The van der Waals surface area contributed by atoms with Crippen LogP contribution >= 0.6 is 0 Å². The molecule has 0 spiro atoms. The Bertz CT molecular complexity index is 902. The predicted molar refractivity (Wildman–Crippen MR) is 105 cm³/mol. The van der Waals surface area contributed by atoms with Crippen LogP contribution in [0.2, 0.25) is 0 Å². The van der Waals surface area contributed by atoms with Crippen molar-refractivity contribution in [3.05, 3.63) is 51.3 Å². The second kappa shape index (κ2) is 9.70. The van der Waals surface area contributed by atoms with Gasteiger partial charge < -0.3 is 25.7 Å². The molecular formula is C20H24N2O6. The van der Waals surface area contributed by atoms with Crippen LogP contribution in [0.5, 0.6) is 0 Å². The van der Waals surface area contributed by atoms with Crippen LogP contribution in [0.4, 0.5) is 5.82 Å². The average molecular weight is 388 g/mol. The number of pyridine rings is 1. The standard InChI is InChI=1S/C20H24N2O6/c1-2-3-4-5-10-28-11-12-6-8-13(9-7-12)14-15(19(24)25)17(21)22-18(23)16(14)20(26)27/h6-9H,2-5,10-11H2,1H3,(H,24,25)(H,26,27)(H3,21,22,23). The number of ether oxygens (including phenoxy) is 1. The van der Waals surface area contributed by atoms with Crippen molar-refractivity contribution in [1.82, 2.24) is 4.98 Å². The molecule has 0 amide bonds. The first-order valence-electron chi connectivity index (χ1n) is 9.06. The third kappa shape index (κ3) is 4.98. The van der Waals surface area contributed by atoms with Gasteiger partial charge in [0, 0.05) is 12.2 Å². The lowest BCUT2D eigenvalue weighted by Gasteiger charge is -2.12. The Balaban J connectivity index is 2.29. The van der Waals surface area contributed by atoms with E-state index in [2.05, 4.69) is 11.9 Å². The highest BCUT2D eigenvalue weighted by molar-refractivity contribution is 6.07.